The van der Waals surface area contributed by atoms with E-state index in [1.54, 1.807) is 18.2 Å². The van der Waals surface area contributed by atoms with Crippen molar-refractivity contribution in [2.24, 2.45) is 5.73 Å². The van der Waals surface area contributed by atoms with Crippen molar-refractivity contribution in [2.75, 3.05) is 11.9 Å². The van der Waals surface area contributed by atoms with E-state index in [1.807, 2.05) is 18.2 Å². The smallest absolute Gasteiger partial charge is 0.255 e. The molecule has 1 aromatic carbocycles. The van der Waals surface area contributed by atoms with Crippen LogP contribution in [0.25, 0.3) is 0 Å². The van der Waals surface area contributed by atoms with Crippen LogP contribution in [0.3, 0.4) is 0 Å². The summed E-state index contributed by atoms with van der Waals surface area (Å²) in [4.78, 5) is 12.4. The number of carbonyl (C=O) groups excluding carboxylic acids is 1. The summed E-state index contributed by atoms with van der Waals surface area (Å²) in [5, 5.41) is 12.0. The standard InChI is InChI=1S/C14H13N3O2S/c15-7-12-4-5-13(20-12)8-17-10-2-1-3-11(6-10)19-9-14(16)18/h1-6,17H,8-9H2,(H2,16,18). The normalized spacial score (nSPS) is 9.75. The molecular weight excluding hydrogens is 274 g/mol. The number of anilines is 1. The third-order valence-electron chi connectivity index (χ3n) is 2.45. The van der Waals surface area contributed by atoms with Crippen LogP contribution in [-0.2, 0) is 11.3 Å². The minimum absolute atomic E-state index is 0.139. The van der Waals surface area contributed by atoms with Gasteiger partial charge in [0.25, 0.3) is 5.91 Å². The third kappa shape index (κ3) is 4.00. The van der Waals surface area contributed by atoms with Crippen LogP contribution in [0.1, 0.15) is 9.75 Å². The summed E-state index contributed by atoms with van der Waals surface area (Å²) < 4.78 is 5.23. The van der Waals surface area contributed by atoms with Gasteiger partial charge in [0, 0.05) is 23.2 Å². The van der Waals surface area contributed by atoms with Crippen molar-refractivity contribution in [2.45, 2.75) is 6.54 Å². The Kier molecular flexibility index (Phi) is 4.58. The average molecular weight is 287 g/mol. The molecule has 2 aromatic rings. The molecule has 3 N–H and O–H groups in total. The molecule has 0 fully saturated rings. The number of nitrogens with two attached hydrogens (primary N) is 1. The Morgan fingerprint density at radius 3 is 2.95 bits per heavy atom. The molecule has 0 aliphatic heterocycles. The van der Waals surface area contributed by atoms with Crippen molar-refractivity contribution in [3.05, 3.63) is 46.2 Å². The second kappa shape index (κ2) is 6.59. The maximum absolute atomic E-state index is 10.7. The van der Waals surface area contributed by atoms with E-state index in [0.717, 1.165) is 10.6 Å². The van der Waals surface area contributed by atoms with Gasteiger partial charge in [0.05, 0.1) is 0 Å². The quantitative estimate of drug-likeness (QED) is 0.851. The molecule has 5 nitrogen and oxygen atoms in total. The maximum Gasteiger partial charge on any atom is 0.255 e. The van der Waals surface area contributed by atoms with Crippen molar-refractivity contribution in [3.8, 4) is 11.8 Å². The Morgan fingerprint density at radius 1 is 1.40 bits per heavy atom. The van der Waals surface area contributed by atoms with Gasteiger partial charge in [-0.15, -0.1) is 11.3 Å². The molecule has 1 heterocycles. The number of ether oxygens (including phenoxy) is 1. The van der Waals surface area contributed by atoms with Crippen LogP contribution in [0, 0.1) is 11.3 Å². The van der Waals surface area contributed by atoms with Gasteiger partial charge in [-0.1, -0.05) is 6.07 Å². The summed E-state index contributed by atoms with van der Waals surface area (Å²) >= 11 is 1.45. The maximum atomic E-state index is 10.7. The minimum atomic E-state index is -0.508. The highest BCUT2D eigenvalue weighted by Gasteiger charge is 2.01. The second-order valence-corrected chi connectivity index (χ2v) is 5.18. The number of primary amides is 1. The summed E-state index contributed by atoms with van der Waals surface area (Å²) in [6, 6.07) is 13.1. The van der Waals surface area contributed by atoms with Gasteiger partial charge in [0.1, 0.15) is 16.7 Å². The molecule has 0 saturated heterocycles. The monoisotopic (exact) mass is 287 g/mol. The summed E-state index contributed by atoms with van der Waals surface area (Å²) in [6.45, 7) is 0.492. The van der Waals surface area contributed by atoms with Gasteiger partial charge in [-0.2, -0.15) is 5.26 Å². The number of nitrogens with zero attached hydrogens (tertiary/aromatic N) is 1. The van der Waals surface area contributed by atoms with Gasteiger partial charge in [0.2, 0.25) is 0 Å². The van der Waals surface area contributed by atoms with Gasteiger partial charge in [-0.25, -0.2) is 0 Å². The SMILES string of the molecule is N#Cc1ccc(CNc2cccc(OCC(N)=O)c2)s1. The van der Waals surface area contributed by atoms with E-state index in [2.05, 4.69) is 11.4 Å². The Labute approximate surface area is 120 Å². The first kappa shape index (κ1) is 13.9. The summed E-state index contributed by atoms with van der Waals surface area (Å²) in [5.74, 6) is 0.0728. The molecule has 0 aliphatic carbocycles. The number of carbonyl (C=O) groups is 1. The van der Waals surface area contributed by atoms with Crippen LogP contribution in [0.4, 0.5) is 5.69 Å². The Balaban J connectivity index is 1.94. The van der Waals surface area contributed by atoms with E-state index in [-0.39, 0.29) is 6.61 Å². The highest BCUT2D eigenvalue weighted by atomic mass is 32.1. The fraction of sp³-hybridized carbons (Fsp3) is 0.143. The van der Waals surface area contributed by atoms with Crippen molar-refractivity contribution in [1.82, 2.24) is 0 Å². The molecule has 0 atom stereocenters. The zero-order chi connectivity index (χ0) is 14.4. The molecule has 102 valence electrons. The minimum Gasteiger partial charge on any atom is -0.484 e. The van der Waals surface area contributed by atoms with Crippen LogP contribution in [-0.4, -0.2) is 12.5 Å². The third-order valence-corrected chi connectivity index (χ3v) is 3.44. The molecule has 1 amide bonds. The van der Waals surface area contributed by atoms with Crippen molar-refractivity contribution < 1.29 is 9.53 Å². The Morgan fingerprint density at radius 2 is 2.25 bits per heavy atom. The van der Waals surface area contributed by atoms with E-state index in [9.17, 15) is 4.79 Å². The first-order chi connectivity index (χ1) is 9.67. The first-order valence-corrected chi connectivity index (χ1v) is 6.73. The topological polar surface area (TPSA) is 88.1 Å². The average Bonchev–Trinajstić information content (AvgIpc) is 2.91. The highest BCUT2D eigenvalue weighted by Crippen LogP contribution is 2.20. The van der Waals surface area contributed by atoms with Gasteiger partial charge >= 0.3 is 0 Å². The van der Waals surface area contributed by atoms with E-state index < -0.39 is 5.91 Å². The predicted octanol–water partition coefficient (Wildman–Crippen LogP) is 2.10. The van der Waals surface area contributed by atoms with Crippen LogP contribution in [0.15, 0.2) is 36.4 Å². The number of nitriles is 1. The van der Waals surface area contributed by atoms with Crippen molar-refractivity contribution in [3.63, 3.8) is 0 Å². The van der Waals surface area contributed by atoms with Gasteiger partial charge in [-0.3, -0.25) is 4.79 Å². The van der Waals surface area contributed by atoms with Crippen molar-refractivity contribution >= 4 is 22.9 Å². The second-order valence-electron chi connectivity index (χ2n) is 4.01. The van der Waals surface area contributed by atoms with Gasteiger partial charge in [0.15, 0.2) is 6.61 Å². The molecular formula is C14H13N3O2S. The van der Waals surface area contributed by atoms with Crippen molar-refractivity contribution in [1.29, 1.82) is 5.26 Å². The lowest BCUT2D eigenvalue weighted by molar-refractivity contribution is -0.119. The number of nitrogens with one attached hydrogen (secondary N) is 1. The van der Waals surface area contributed by atoms with E-state index in [0.29, 0.717) is 17.2 Å². The molecule has 0 radical (unpaired) electrons. The van der Waals surface area contributed by atoms with Crippen LogP contribution in [0.5, 0.6) is 5.75 Å². The lowest BCUT2D eigenvalue weighted by Crippen LogP contribution is -2.20. The first-order valence-electron chi connectivity index (χ1n) is 5.91. The summed E-state index contributed by atoms with van der Waals surface area (Å²) in [5.41, 5.74) is 5.90. The molecule has 0 saturated carbocycles. The van der Waals surface area contributed by atoms with E-state index >= 15 is 0 Å². The number of amides is 1. The lowest BCUT2D eigenvalue weighted by atomic mass is 10.3. The largest absolute Gasteiger partial charge is 0.484 e. The molecule has 0 bridgehead atoms. The molecule has 1 aromatic heterocycles. The predicted molar refractivity (Wildman–Crippen MR) is 77.5 cm³/mol. The lowest BCUT2D eigenvalue weighted by Gasteiger charge is -2.08. The summed E-state index contributed by atoms with van der Waals surface area (Å²) in [6.07, 6.45) is 0. The zero-order valence-corrected chi connectivity index (χ0v) is 11.4. The fourth-order valence-electron chi connectivity index (χ4n) is 1.57. The Hall–Kier alpha value is -2.52. The highest BCUT2D eigenvalue weighted by molar-refractivity contribution is 7.12. The van der Waals surface area contributed by atoms with Gasteiger partial charge in [-0.05, 0) is 24.3 Å². The van der Waals surface area contributed by atoms with E-state index in [1.165, 1.54) is 11.3 Å². The fourth-order valence-corrected chi connectivity index (χ4v) is 2.32. The molecule has 20 heavy (non-hydrogen) atoms. The van der Waals surface area contributed by atoms with Crippen LogP contribution in [0.2, 0.25) is 0 Å². The van der Waals surface area contributed by atoms with Gasteiger partial charge < -0.3 is 15.8 Å². The molecule has 0 spiro atoms. The molecule has 2 rings (SSSR count). The number of rotatable bonds is 6. The number of thiophene rings is 1. The number of benzene rings is 1. The number of hydrogen-bond acceptors (Lipinski definition) is 5. The zero-order valence-electron chi connectivity index (χ0n) is 10.6. The summed E-state index contributed by atoms with van der Waals surface area (Å²) in [7, 11) is 0. The Bertz CT molecular complexity index is 646. The number of hydrogen-bond donors (Lipinski definition) is 2. The van der Waals surface area contributed by atoms with Crippen LogP contribution >= 0.6 is 11.3 Å². The molecule has 6 heteroatoms. The molecule has 0 aliphatic rings. The molecule has 0 unspecified atom stereocenters. The van der Waals surface area contributed by atoms with E-state index in [4.69, 9.17) is 15.7 Å². The van der Waals surface area contributed by atoms with Crippen LogP contribution < -0.4 is 15.8 Å².